The molecule has 0 unspecified atom stereocenters. The van der Waals surface area contributed by atoms with E-state index in [-0.39, 0.29) is 30.3 Å². The second-order valence-electron chi connectivity index (χ2n) is 7.15. The molecule has 1 aliphatic heterocycles. The summed E-state index contributed by atoms with van der Waals surface area (Å²) in [6.07, 6.45) is 1.13. The number of halogens is 1. The molecule has 3 rings (SSSR count). The average Bonchev–Trinajstić information content (AvgIpc) is 2.75. The van der Waals surface area contributed by atoms with Crippen molar-refractivity contribution in [3.63, 3.8) is 0 Å². The van der Waals surface area contributed by atoms with Crippen molar-refractivity contribution in [2.24, 2.45) is 0 Å². The van der Waals surface area contributed by atoms with Crippen molar-refractivity contribution in [2.75, 3.05) is 18.5 Å². The number of para-hydroxylation sites is 1. The number of benzene rings is 2. The van der Waals surface area contributed by atoms with Gasteiger partial charge in [-0.05, 0) is 43.5 Å². The third-order valence-electron chi connectivity index (χ3n) is 5.01. The highest BCUT2D eigenvalue weighted by molar-refractivity contribution is 5.94. The number of urea groups is 1. The van der Waals surface area contributed by atoms with Crippen LogP contribution in [0.15, 0.2) is 54.6 Å². The summed E-state index contributed by atoms with van der Waals surface area (Å²) in [7, 11) is 0. The molecule has 0 aliphatic carbocycles. The van der Waals surface area contributed by atoms with Gasteiger partial charge in [0.2, 0.25) is 0 Å². The summed E-state index contributed by atoms with van der Waals surface area (Å²) in [6.45, 7) is 0.0942. The molecule has 1 heterocycles. The lowest BCUT2D eigenvalue weighted by atomic mass is 9.97. The highest BCUT2D eigenvalue weighted by Crippen LogP contribution is 2.22. The Balaban J connectivity index is 1.43. The standard InChI is InChI=1S/C22H26FN3O4/c23-18-9-5-4-8-17(18)21(28)24-13-12-16-10-11-19(20(14-27)30-16)26-22(29)25-15-6-2-1-3-7-15/h1-9,16,19-20,27H,10-14H2,(H,24,28)(H2,25,26,29)/t16-,19-,20-/m0/s1. The molecule has 1 aliphatic rings. The molecule has 160 valence electrons. The minimum atomic E-state index is -0.563. The van der Waals surface area contributed by atoms with Crippen LogP contribution in [0.2, 0.25) is 0 Å². The van der Waals surface area contributed by atoms with E-state index in [9.17, 15) is 19.1 Å². The molecule has 2 aromatic rings. The van der Waals surface area contributed by atoms with E-state index in [0.29, 0.717) is 31.5 Å². The Morgan fingerprint density at radius 2 is 1.80 bits per heavy atom. The first-order valence-electron chi connectivity index (χ1n) is 9.98. The van der Waals surface area contributed by atoms with Gasteiger partial charge < -0.3 is 25.8 Å². The van der Waals surface area contributed by atoms with Gasteiger partial charge in [-0.1, -0.05) is 30.3 Å². The zero-order valence-corrected chi connectivity index (χ0v) is 16.5. The van der Waals surface area contributed by atoms with Crippen molar-refractivity contribution < 1.29 is 23.8 Å². The molecular formula is C22H26FN3O4. The Hall–Kier alpha value is -2.97. The van der Waals surface area contributed by atoms with E-state index in [4.69, 9.17) is 4.74 Å². The number of aliphatic hydroxyl groups excluding tert-OH is 1. The topological polar surface area (TPSA) is 99.7 Å². The van der Waals surface area contributed by atoms with Gasteiger partial charge in [-0.25, -0.2) is 9.18 Å². The second-order valence-corrected chi connectivity index (χ2v) is 7.15. The number of carbonyl (C=O) groups excluding carboxylic acids is 2. The Kier molecular flexibility index (Phi) is 7.75. The fourth-order valence-corrected chi connectivity index (χ4v) is 3.45. The Bertz CT molecular complexity index is 849. The molecule has 7 nitrogen and oxygen atoms in total. The van der Waals surface area contributed by atoms with E-state index < -0.39 is 17.8 Å². The molecule has 3 amide bonds. The fraction of sp³-hybridized carbons (Fsp3) is 0.364. The molecular weight excluding hydrogens is 389 g/mol. The lowest BCUT2D eigenvalue weighted by molar-refractivity contribution is -0.0886. The molecule has 0 bridgehead atoms. The van der Waals surface area contributed by atoms with Crippen molar-refractivity contribution in [1.29, 1.82) is 0 Å². The van der Waals surface area contributed by atoms with Crippen LogP contribution in [0.25, 0.3) is 0 Å². The van der Waals surface area contributed by atoms with Gasteiger partial charge in [0.25, 0.3) is 5.91 Å². The first-order chi connectivity index (χ1) is 14.6. The summed E-state index contributed by atoms with van der Waals surface area (Å²) >= 11 is 0. The number of ether oxygens (including phenoxy) is 1. The van der Waals surface area contributed by atoms with Gasteiger partial charge >= 0.3 is 6.03 Å². The van der Waals surface area contributed by atoms with Crippen molar-refractivity contribution in [3.8, 4) is 0 Å². The second kappa shape index (κ2) is 10.7. The minimum absolute atomic E-state index is 0.00369. The van der Waals surface area contributed by atoms with Crippen LogP contribution >= 0.6 is 0 Å². The average molecular weight is 415 g/mol. The number of rotatable bonds is 7. The molecule has 30 heavy (non-hydrogen) atoms. The first-order valence-corrected chi connectivity index (χ1v) is 9.98. The van der Waals surface area contributed by atoms with Gasteiger partial charge in [-0.15, -0.1) is 0 Å². The molecule has 0 spiro atoms. The van der Waals surface area contributed by atoms with Crippen LogP contribution in [-0.4, -0.2) is 48.4 Å². The number of hydrogen-bond donors (Lipinski definition) is 4. The number of carbonyl (C=O) groups is 2. The van der Waals surface area contributed by atoms with E-state index >= 15 is 0 Å². The maximum atomic E-state index is 13.7. The Morgan fingerprint density at radius 3 is 2.53 bits per heavy atom. The summed E-state index contributed by atoms with van der Waals surface area (Å²) in [4.78, 5) is 24.3. The van der Waals surface area contributed by atoms with Crippen LogP contribution < -0.4 is 16.0 Å². The molecule has 0 saturated carbocycles. The largest absolute Gasteiger partial charge is 0.394 e. The smallest absolute Gasteiger partial charge is 0.319 e. The number of amides is 3. The van der Waals surface area contributed by atoms with Crippen LogP contribution in [0.5, 0.6) is 0 Å². The summed E-state index contributed by atoms with van der Waals surface area (Å²) in [5, 5.41) is 17.9. The number of aliphatic hydroxyl groups is 1. The monoisotopic (exact) mass is 415 g/mol. The quantitative estimate of drug-likeness (QED) is 0.559. The van der Waals surface area contributed by atoms with E-state index in [2.05, 4.69) is 16.0 Å². The molecule has 2 aromatic carbocycles. The van der Waals surface area contributed by atoms with Gasteiger partial charge in [0.05, 0.1) is 24.3 Å². The van der Waals surface area contributed by atoms with E-state index in [1.54, 1.807) is 18.2 Å². The number of anilines is 1. The van der Waals surface area contributed by atoms with Gasteiger partial charge in [0, 0.05) is 12.2 Å². The van der Waals surface area contributed by atoms with E-state index in [1.165, 1.54) is 18.2 Å². The summed E-state index contributed by atoms with van der Waals surface area (Å²) in [6, 6.07) is 14.2. The molecule has 1 fully saturated rings. The molecule has 3 atom stereocenters. The molecule has 0 radical (unpaired) electrons. The minimum Gasteiger partial charge on any atom is -0.394 e. The molecule has 1 saturated heterocycles. The fourth-order valence-electron chi connectivity index (χ4n) is 3.45. The van der Waals surface area contributed by atoms with Gasteiger partial charge in [-0.3, -0.25) is 4.79 Å². The number of hydrogen-bond acceptors (Lipinski definition) is 4. The highest BCUT2D eigenvalue weighted by atomic mass is 19.1. The molecule has 0 aromatic heterocycles. The summed E-state index contributed by atoms with van der Waals surface area (Å²) < 4.78 is 19.5. The SMILES string of the molecule is O=C(Nc1ccccc1)N[C@H]1CC[C@@H](CCNC(=O)c2ccccc2F)O[C@H]1CO. The van der Waals surface area contributed by atoms with Gasteiger partial charge in [0.15, 0.2) is 0 Å². The maximum absolute atomic E-state index is 13.7. The van der Waals surface area contributed by atoms with E-state index in [0.717, 1.165) is 0 Å². The predicted octanol–water partition coefficient (Wildman–Crippen LogP) is 2.68. The Labute approximate surface area is 174 Å². The van der Waals surface area contributed by atoms with Gasteiger partial charge in [-0.2, -0.15) is 0 Å². The highest BCUT2D eigenvalue weighted by Gasteiger charge is 2.31. The van der Waals surface area contributed by atoms with Crippen molar-refractivity contribution in [1.82, 2.24) is 10.6 Å². The van der Waals surface area contributed by atoms with Crippen LogP contribution in [0, 0.1) is 5.82 Å². The van der Waals surface area contributed by atoms with Gasteiger partial charge in [0.1, 0.15) is 11.9 Å². The lowest BCUT2D eigenvalue weighted by Gasteiger charge is -2.36. The maximum Gasteiger partial charge on any atom is 0.319 e. The zero-order valence-electron chi connectivity index (χ0n) is 16.5. The lowest BCUT2D eigenvalue weighted by Crippen LogP contribution is -2.52. The molecule has 8 heteroatoms. The normalized spacial score (nSPS) is 20.9. The zero-order chi connectivity index (χ0) is 21.3. The number of nitrogens with one attached hydrogen (secondary N) is 3. The van der Waals surface area contributed by atoms with Crippen LogP contribution in [0.3, 0.4) is 0 Å². The third kappa shape index (κ3) is 6.01. The van der Waals surface area contributed by atoms with Crippen molar-refractivity contribution in [3.05, 3.63) is 66.0 Å². The van der Waals surface area contributed by atoms with Crippen molar-refractivity contribution in [2.45, 2.75) is 37.5 Å². The summed E-state index contributed by atoms with van der Waals surface area (Å²) in [5.41, 5.74) is 0.680. The third-order valence-corrected chi connectivity index (χ3v) is 5.01. The van der Waals surface area contributed by atoms with Crippen molar-refractivity contribution >= 4 is 17.6 Å². The van der Waals surface area contributed by atoms with Crippen LogP contribution in [-0.2, 0) is 4.74 Å². The van der Waals surface area contributed by atoms with E-state index in [1.807, 2.05) is 18.2 Å². The van der Waals surface area contributed by atoms with Crippen LogP contribution in [0.1, 0.15) is 29.6 Å². The summed E-state index contributed by atoms with van der Waals surface area (Å²) in [5.74, 6) is -1.04. The van der Waals surface area contributed by atoms with Crippen LogP contribution in [0.4, 0.5) is 14.9 Å². The first kappa shape index (κ1) is 21.7. The molecule has 4 N–H and O–H groups in total. The Morgan fingerprint density at radius 1 is 1.07 bits per heavy atom. The predicted molar refractivity (Wildman–Crippen MR) is 111 cm³/mol.